The molecule has 0 bridgehead atoms. The topological polar surface area (TPSA) is 73.1 Å². The van der Waals surface area contributed by atoms with Crippen molar-refractivity contribution in [3.8, 4) is 11.5 Å². The van der Waals surface area contributed by atoms with E-state index < -0.39 is 6.04 Å². The number of carbonyl (C=O) groups excluding carboxylic acids is 1. The Morgan fingerprint density at radius 2 is 1.81 bits per heavy atom. The zero-order chi connectivity index (χ0) is 26.5. The molecule has 0 aliphatic carbocycles. The van der Waals surface area contributed by atoms with Gasteiger partial charge in [0, 0.05) is 18.7 Å². The van der Waals surface area contributed by atoms with Gasteiger partial charge in [-0.05, 0) is 57.0 Å². The quantitative estimate of drug-likeness (QED) is 0.430. The van der Waals surface area contributed by atoms with Crippen LogP contribution in [-0.4, -0.2) is 42.2 Å². The van der Waals surface area contributed by atoms with E-state index in [0.29, 0.717) is 46.0 Å². The molecule has 1 atom stereocenters. The molecule has 1 amide bonds. The minimum Gasteiger partial charge on any atom is -0.496 e. The molecule has 7 nitrogen and oxygen atoms in total. The third kappa shape index (κ3) is 5.25. The number of fused-ring (bicyclic) bond motifs is 1. The maximum atomic E-state index is 13.9. The van der Waals surface area contributed by atoms with E-state index in [-0.39, 0.29) is 11.5 Å². The molecule has 1 aliphatic heterocycles. The highest BCUT2D eigenvalue weighted by molar-refractivity contribution is 7.07. The first-order chi connectivity index (χ1) is 17.9. The van der Waals surface area contributed by atoms with Gasteiger partial charge in [0.2, 0.25) is 0 Å². The highest BCUT2D eigenvalue weighted by Gasteiger charge is 2.35. The van der Waals surface area contributed by atoms with Crippen LogP contribution in [0, 0.1) is 0 Å². The number of likely N-dealkylation sites (N-methyl/N-ethyl adjacent to an activating group) is 1. The lowest BCUT2D eigenvalue weighted by molar-refractivity contribution is -0.127. The van der Waals surface area contributed by atoms with E-state index in [1.54, 1.807) is 16.6 Å². The monoisotopic (exact) mass is 519 g/mol. The zero-order valence-corrected chi connectivity index (χ0v) is 22.8. The number of ether oxygens (including phenoxy) is 2. The molecule has 0 unspecified atom stereocenters. The average Bonchev–Trinajstić information content (AvgIpc) is 3.22. The standard InChI is InChI=1S/C29H33N3O4S/c1-6-17-36-21-15-13-20(14-16-21)18-24-27(33)32-26(22-11-9-10-12-23(22)35-5)25(19(4)30-29(32)37-24)28(34)31(7-2)8-3/h9-16,18,26H,6-8,17H2,1-5H3/b24-18-/t26-/m0/s1. The number of amides is 1. The summed E-state index contributed by atoms with van der Waals surface area (Å²) in [5, 5.41) is 0. The number of nitrogens with zero attached hydrogens (tertiary/aromatic N) is 3. The van der Waals surface area contributed by atoms with Gasteiger partial charge in [0.05, 0.1) is 29.5 Å². The maximum Gasteiger partial charge on any atom is 0.271 e. The van der Waals surface area contributed by atoms with Crippen molar-refractivity contribution in [2.45, 2.75) is 40.2 Å². The van der Waals surface area contributed by atoms with Crippen molar-refractivity contribution in [3.63, 3.8) is 0 Å². The first kappa shape index (κ1) is 26.4. The van der Waals surface area contributed by atoms with E-state index in [1.807, 2.05) is 75.4 Å². The Kier molecular flexibility index (Phi) is 8.28. The molecule has 1 aliphatic rings. The molecular weight excluding hydrogens is 486 g/mol. The number of para-hydroxylation sites is 1. The average molecular weight is 520 g/mol. The number of hydrogen-bond acceptors (Lipinski definition) is 6. The number of aromatic nitrogens is 1. The molecule has 194 valence electrons. The van der Waals surface area contributed by atoms with E-state index in [1.165, 1.54) is 11.3 Å². The zero-order valence-electron chi connectivity index (χ0n) is 22.0. The molecule has 0 fully saturated rings. The minimum atomic E-state index is -0.646. The van der Waals surface area contributed by atoms with Crippen molar-refractivity contribution in [1.29, 1.82) is 0 Å². The van der Waals surface area contributed by atoms with Gasteiger partial charge < -0.3 is 14.4 Å². The SMILES string of the molecule is CCCOc1ccc(/C=c2\sc3n(c2=O)[C@@H](c2ccccc2OC)C(C(=O)N(CC)CC)=C(C)N=3)cc1. The van der Waals surface area contributed by atoms with Crippen LogP contribution >= 0.6 is 11.3 Å². The Labute approximate surface area is 221 Å². The number of benzene rings is 2. The molecule has 0 spiro atoms. The predicted octanol–water partition coefficient (Wildman–Crippen LogP) is 3.90. The summed E-state index contributed by atoms with van der Waals surface area (Å²) in [4.78, 5) is 34.6. The molecule has 2 aromatic carbocycles. The fraction of sp³-hybridized carbons (Fsp3) is 0.345. The smallest absolute Gasteiger partial charge is 0.271 e. The number of allylic oxidation sites excluding steroid dienone is 1. The molecule has 0 radical (unpaired) electrons. The second-order valence-electron chi connectivity index (χ2n) is 8.72. The lowest BCUT2D eigenvalue weighted by Crippen LogP contribution is -2.43. The highest BCUT2D eigenvalue weighted by Crippen LogP contribution is 2.36. The normalized spacial score (nSPS) is 15.3. The van der Waals surface area contributed by atoms with E-state index >= 15 is 0 Å². The largest absolute Gasteiger partial charge is 0.496 e. The number of methoxy groups -OCH3 is 1. The van der Waals surface area contributed by atoms with Crippen LogP contribution in [0.4, 0.5) is 0 Å². The Morgan fingerprint density at radius 3 is 2.46 bits per heavy atom. The Bertz CT molecular complexity index is 1480. The molecule has 2 heterocycles. The fourth-order valence-corrected chi connectivity index (χ4v) is 5.54. The summed E-state index contributed by atoms with van der Waals surface area (Å²) in [6.07, 6.45) is 2.80. The van der Waals surface area contributed by atoms with E-state index in [0.717, 1.165) is 23.3 Å². The van der Waals surface area contributed by atoms with Crippen LogP contribution in [0.1, 0.15) is 51.3 Å². The highest BCUT2D eigenvalue weighted by atomic mass is 32.1. The molecule has 8 heteroatoms. The second kappa shape index (κ2) is 11.6. The van der Waals surface area contributed by atoms with E-state index in [4.69, 9.17) is 14.5 Å². The molecule has 4 rings (SSSR count). The Balaban J connectivity index is 1.89. The molecule has 0 N–H and O–H groups in total. The first-order valence-corrected chi connectivity index (χ1v) is 13.4. The third-order valence-corrected chi connectivity index (χ3v) is 7.37. The second-order valence-corrected chi connectivity index (χ2v) is 9.73. The van der Waals surface area contributed by atoms with Crippen LogP contribution in [0.15, 0.2) is 69.6 Å². The minimum absolute atomic E-state index is 0.126. The molecule has 37 heavy (non-hydrogen) atoms. The lowest BCUT2D eigenvalue weighted by Gasteiger charge is -2.29. The van der Waals surface area contributed by atoms with Crippen LogP contribution < -0.4 is 24.4 Å². The summed E-state index contributed by atoms with van der Waals surface area (Å²) in [6, 6.07) is 14.6. The van der Waals surface area contributed by atoms with E-state index in [2.05, 4.69) is 6.92 Å². The lowest BCUT2D eigenvalue weighted by atomic mass is 9.94. The third-order valence-electron chi connectivity index (χ3n) is 6.39. The summed E-state index contributed by atoms with van der Waals surface area (Å²) in [7, 11) is 1.60. The van der Waals surface area contributed by atoms with Crippen LogP contribution in [0.2, 0.25) is 0 Å². The Hall–Kier alpha value is -3.65. The van der Waals surface area contributed by atoms with Crippen LogP contribution in [0.5, 0.6) is 11.5 Å². The summed E-state index contributed by atoms with van der Waals surface area (Å²) in [5.74, 6) is 1.29. The molecular formula is C29H33N3O4S. The van der Waals surface area contributed by atoms with E-state index in [9.17, 15) is 9.59 Å². The van der Waals surface area contributed by atoms with Gasteiger partial charge in [-0.1, -0.05) is 48.6 Å². The predicted molar refractivity (Wildman–Crippen MR) is 147 cm³/mol. The fourth-order valence-electron chi connectivity index (χ4n) is 4.49. The van der Waals surface area contributed by atoms with Gasteiger partial charge in [-0.25, -0.2) is 4.99 Å². The Morgan fingerprint density at radius 1 is 1.11 bits per heavy atom. The van der Waals surface area contributed by atoms with Gasteiger partial charge >= 0.3 is 0 Å². The molecule has 1 aromatic heterocycles. The number of rotatable bonds is 9. The molecule has 3 aromatic rings. The van der Waals surface area contributed by atoms with Gasteiger partial charge in [0.25, 0.3) is 11.5 Å². The van der Waals surface area contributed by atoms with Crippen molar-refractivity contribution < 1.29 is 14.3 Å². The number of carbonyl (C=O) groups is 1. The first-order valence-electron chi connectivity index (χ1n) is 12.6. The van der Waals surface area contributed by atoms with Gasteiger partial charge in [-0.3, -0.25) is 14.2 Å². The van der Waals surface area contributed by atoms with Crippen molar-refractivity contribution in [1.82, 2.24) is 9.47 Å². The van der Waals surface area contributed by atoms with Crippen LogP contribution in [-0.2, 0) is 4.79 Å². The van der Waals surface area contributed by atoms with Gasteiger partial charge in [0.15, 0.2) is 4.80 Å². The summed E-state index contributed by atoms with van der Waals surface area (Å²) < 4.78 is 13.5. The maximum absolute atomic E-state index is 13.9. The summed E-state index contributed by atoms with van der Waals surface area (Å²) in [6.45, 7) is 9.59. The van der Waals surface area contributed by atoms with Gasteiger partial charge in [0.1, 0.15) is 17.5 Å². The number of hydrogen-bond donors (Lipinski definition) is 0. The molecule has 0 saturated heterocycles. The summed E-state index contributed by atoms with van der Waals surface area (Å²) >= 11 is 1.32. The van der Waals surface area contributed by atoms with Crippen molar-refractivity contribution in [3.05, 3.63) is 90.6 Å². The van der Waals surface area contributed by atoms with Crippen LogP contribution in [0.25, 0.3) is 6.08 Å². The van der Waals surface area contributed by atoms with Gasteiger partial charge in [-0.15, -0.1) is 0 Å². The van der Waals surface area contributed by atoms with Gasteiger partial charge in [-0.2, -0.15) is 0 Å². The summed E-state index contributed by atoms with van der Waals surface area (Å²) in [5.41, 5.74) is 2.55. The number of thiazole rings is 1. The van der Waals surface area contributed by atoms with Crippen molar-refractivity contribution in [2.75, 3.05) is 26.8 Å². The van der Waals surface area contributed by atoms with Crippen molar-refractivity contribution >= 4 is 23.3 Å². The van der Waals surface area contributed by atoms with Crippen LogP contribution in [0.3, 0.4) is 0 Å². The molecule has 0 saturated carbocycles. The van der Waals surface area contributed by atoms with Crippen molar-refractivity contribution in [2.24, 2.45) is 4.99 Å².